The third-order valence-electron chi connectivity index (χ3n) is 8.28. The number of hydrogen-bond donors (Lipinski definition) is 2. The summed E-state index contributed by atoms with van der Waals surface area (Å²) in [7, 11) is 0. The van der Waals surface area contributed by atoms with Crippen LogP contribution in [0.25, 0.3) is 10.9 Å². The van der Waals surface area contributed by atoms with Crippen LogP contribution in [0, 0.1) is 11.6 Å². The minimum atomic E-state index is -0.918. The molecule has 0 atom stereocenters. The fraction of sp³-hybridized carbons (Fsp3) is 0.344. The lowest BCUT2D eigenvalue weighted by molar-refractivity contribution is -0.132. The van der Waals surface area contributed by atoms with Crippen molar-refractivity contribution in [3.63, 3.8) is 0 Å². The van der Waals surface area contributed by atoms with Gasteiger partial charge in [0.05, 0.1) is 23.9 Å². The van der Waals surface area contributed by atoms with E-state index in [0.717, 1.165) is 23.4 Å². The fourth-order valence-corrected chi connectivity index (χ4v) is 5.87. The third-order valence-corrected chi connectivity index (χ3v) is 8.28. The number of hydroxylamine groups is 1. The van der Waals surface area contributed by atoms with Crippen LogP contribution in [0.3, 0.4) is 0 Å². The predicted molar refractivity (Wildman–Crippen MR) is 155 cm³/mol. The number of benzene rings is 2. The molecule has 4 aromatic rings. The number of halogens is 2. The number of piperidine rings is 1. The lowest BCUT2D eigenvalue weighted by atomic mass is 9.90. The van der Waals surface area contributed by atoms with E-state index in [2.05, 4.69) is 15.4 Å². The Labute approximate surface area is 247 Å². The first-order valence-electron chi connectivity index (χ1n) is 14.4. The molecule has 9 nitrogen and oxygen atoms in total. The van der Waals surface area contributed by atoms with Crippen molar-refractivity contribution < 1.29 is 28.3 Å². The molecule has 0 unspecified atom stereocenters. The lowest BCUT2D eigenvalue weighted by Crippen LogP contribution is -2.51. The highest BCUT2D eigenvalue weighted by molar-refractivity contribution is 5.96. The Morgan fingerprint density at radius 1 is 1.02 bits per heavy atom. The molecule has 0 radical (unpaired) electrons. The van der Waals surface area contributed by atoms with Crippen molar-refractivity contribution in [1.29, 1.82) is 0 Å². The SMILES string of the molecule is O=C(NOc1ccccc1)c1cc2c(CN3CCC(O)(CN4CCCC4=O)CC3)cn(Cc3ccc(F)cc3F)c2cn1. The first-order valence-corrected chi connectivity index (χ1v) is 14.4. The molecule has 2 saturated heterocycles. The summed E-state index contributed by atoms with van der Waals surface area (Å²) in [5, 5.41) is 12.0. The van der Waals surface area contributed by atoms with E-state index < -0.39 is 23.1 Å². The number of pyridine rings is 1. The number of nitrogens with one attached hydrogen (secondary N) is 1. The molecule has 4 heterocycles. The molecule has 2 aliphatic heterocycles. The van der Waals surface area contributed by atoms with Gasteiger partial charge in [-0.05, 0) is 49.1 Å². The highest BCUT2D eigenvalue weighted by Crippen LogP contribution is 2.29. The Balaban J connectivity index is 1.22. The van der Waals surface area contributed by atoms with E-state index in [-0.39, 0.29) is 18.1 Å². The van der Waals surface area contributed by atoms with Gasteiger partial charge in [0.2, 0.25) is 5.91 Å². The molecule has 0 aliphatic carbocycles. The summed E-state index contributed by atoms with van der Waals surface area (Å²) in [6.07, 6.45) is 5.91. The van der Waals surface area contributed by atoms with Crippen molar-refractivity contribution in [2.24, 2.45) is 0 Å². The van der Waals surface area contributed by atoms with Crippen LogP contribution in [-0.4, -0.2) is 68.1 Å². The van der Waals surface area contributed by atoms with Crippen molar-refractivity contribution in [3.8, 4) is 5.75 Å². The van der Waals surface area contributed by atoms with Crippen molar-refractivity contribution in [2.75, 3.05) is 26.2 Å². The smallest absolute Gasteiger partial charge is 0.302 e. The molecule has 2 amide bonds. The molecule has 0 saturated carbocycles. The number of carbonyl (C=O) groups is 2. The molecule has 11 heteroatoms. The van der Waals surface area contributed by atoms with Crippen molar-refractivity contribution >= 4 is 22.7 Å². The van der Waals surface area contributed by atoms with Crippen LogP contribution in [0.5, 0.6) is 5.75 Å². The molecule has 43 heavy (non-hydrogen) atoms. The van der Waals surface area contributed by atoms with Crippen LogP contribution in [0.1, 0.15) is 47.3 Å². The number of likely N-dealkylation sites (tertiary alicyclic amines) is 2. The van der Waals surface area contributed by atoms with E-state index in [9.17, 15) is 23.5 Å². The number of β-amino-alcohol motifs (C(OH)–C–C–N with tert-alkyl or cyclic N) is 1. The summed E-state index contributed by atoms with van der Waals surface area (Å²) in [6, 6.07) is 14.0. The van der Waals surface area contributed by atoms with Gasteiger partial charge in [0.1, 0.15) is 17.3 Å². The average molecular weight is 590 g/mol. The standard InChI is InChI=1S/C32H33F2N5O4/c33-24-9-8-22(27(34)15-24)19-39-20-23(18-37-13-10-32(42,11-14-37)21-38-12-4-7-30(38)40)26-16-28(35-17-29(26)39)31(41)36-43-25-5-2-1-3-6-25/h1-3,5-6,8-9,15-17,20,42H,4,7,10-14,18-19,21H2,(H,36,41). The Morgan fingerprint density at radius 2 is 1.81 bits per heavy atom. The van der Waals surface area contributed by atoms with Gasteiger partial charge in [0.25, 0.3) is 0 Å². The van der Waals surface area contributed by atoms with Crippen LogP contribution in [-0.2, 0) is 17.9 Å². The molecular formula is C32H33F2N5O4. The second-order valence-electron chi connectivity index (χ2n) is 11.4. The normalized spacial score (nSPS) is 17.0. The number of hydrogen-bond acceptors (Lipinski definition) is 6. The second-order valence-corrected chi connectivity index (χ2v) is 11.4. The minimum absolute atomic E-state index is 0.101. The van der Waals surface area contributed by atoms with E-state index in [0.29, 0.717) is 68.8 Å². The van der Waals surface area contributed by atoms with E-state index in [4.69, 9.17) is 4.84 Å². The summed E-state index contributed by atoms with van der Waals surface area (Å²) in [5.74, 6) is -1.23. The number of rotatable bonds is 9. The van der Waals surface area contributed by atoms with Crippen LogP contribution in [0.4, 0.5) is 8.78 Å². The molecule has 2 aromatic heterocycles. The second kappa shape index (κ2) is 12.1. The summed E-state index contributed by atoms with van der Waals surface area (Å²) >= 11 is 0. The molecule has 2 fully saturated rings. The van der Waals surface area contributed by atoms with Gasteiger partial charge in [0, 0.05) is 62.4 Å². The number of fused-ring (bicyclic) bond motifs is 1. The zero-order chi connectivity index (χ0) is 30.0. The first-order chi connectivity index (χ1) is 20.8. The van der Waals surface area contributed by atoms with E-state index in [1.54, 1.807) is 41.4 Å². The van der Waals surface area contributed by atoms with Gasteiger partial charge in [-0.25, -0.2) is 13.8 Å². The van der Waals surface area contributed by atoms with E-state index in [1.165, 1.54) is 12.1 Å². The topological polar surface area (TPSA) is 99.9 Å². The molecule has 2 aliphatic rings. The fourth-order valence-electron chi connectivity index (χ4n) is 5.87. The Kier molecular flexibility index (Phi) is 8.09. The van der Waals surface area contributed by atoms with Gasteiger partial charge in [-0.2, -0.15) is 5.48 Å². The molecule has 2 N–H and O–H groups in total. The molecular weight excluding hydrogens is 556 g/mol. The van der Waals surface area contributed by atoms with Gasteiger partial charge in [-0.15, -0.1) is 0 Å². The quantitative estimate of drug-likeness (QED) is 0.286. The molecule has 6 rings (SSSR count). The molecule has 0 bridgehead atoms. The Bertz CT molecular complexity index is 1640. The number of amides is 2. The van der Waals surface area contributed by atoms with Gasteiger partial charge in [0.15, 0.2) is 5.75 Å². The van der Waals surface area contributed by atoms with E-state index >= 15 is 0 Å². The monoisotopic (exact) mass is 589 g/mol. The Hall–Kier alpha value is -4.35. The van der Waals surface area contributed by atoms with Crippen LogP contribution >= 0.6 is 0 Å². The number of nitrogens with zero attached hydrogens (tertiary/aromatic N) is 4. The number of aromatic nitrogens is 2. The van der Waals surface area contributed by atoms with Crippen molar-refractivity contribution in [1.82, 2.24) is 24.8 Å². The minimum Gasteiger partial charge on any atom is -0.388 e. The summed E-state index contributed by atoms with van der Waals surface area (Å²) < 4.78 is 29.9. The highest BCUT2D eigenvalue weighted by Gasteiger charge is 2.36. The Morgan fingerprint density at radius 3 is 2.53 bits per heavy atom. The van der Waals surface area contributed by atoms with Crippen LogP contribution in [0.2, 0.25) is 0 Å². The van der Waals surface area contributed by atoms with Gasteiger partial charge in [-0.3, -0.25) is 14.5 Å². The molecule has 2 aromatic carbocycles. The first kappa shape index (κ1) is 28.8. The maximum absolute atomic E-state index is 14.6. The largest absolute Gasteiger partial charge is 0.388 e. The number of para-hydroxylation sites is 1. The summed E-state index contributed by atoms with van der Waals surface area (Å²) in [6.45, 7) is 2.98. The lowest BCUT2D eigenvalue weighted by Gasteiger charge is -2.40. The average Bonchev–Trinajstić information content (AvgIpc) is 3.56. The van der Waals surface area contributed by atoms with Gasteiger partial charge >= 0.3 is 5.91 Å². The highest BCUT2D eigenvalue weighted by atomic mass is 19.1. The van der Waals surface area contributed by atoms with Crippen molar-refractivity contribution in [2.45, 2.75) is 44.4 Å². The third kappa shape index (κ3) is 6.52. The summed E-state index contributed by atoms with van der Waals surface area (Å²) in [5.41, 5.74) is 3.57. The van der Waals surface area contributed by atoms with Crippen molar-refractivity contribution in [3.05, 3.63) is 95.4 Å². The maximum Gasteiger partial charge on any atom is 0.302 e. The predicted octanol–water partition coefficient (Wildman–Crippen LogP) is 4.04. The number of carbonyl (C=O) groups excluding carboxylic acids is 2. The van der Waals surface area contributed by atoms with Crippen LogP contribution < -0.4 is 10.3 Å². The van der Waals surface area contributed by atoms with E-state index in [1.807, 2.05) is 16.8 Å². The maximum atomic E-state index is 14.6. The molecule has 0 spiro atoms. The molecule has 224 valence electrons. The van der Waals surface area contributed by atoms with Crippen LogP contribution in [0.15, 0.2) is 67.0 Å². The zero-order valence-corrected chi connectivity index (χ0v) is 23.6. The van der Waals surface area contributed by atoms with Gasteiger partial charge < -0.3 is 19.4 Å². The summed E-state index contributed by atoms with van der Waals surface area (Å²) in [4.78, 5) is 38.7. The number of aliphatic hydroxyl groups is 1. The zero-order valence-electron chi connectivity index (χ0n) is 23.6. The van der Waals surface area contributed by atoms with Gasteiger partial charge in [-0.1, -0.05) is 24.3 Å².